The number of hydrogen-bond acceptors (Lipinski definition) is 7. The van der Waals surface area contributed by atoms with Gasteiger partial charge in [0.05, 0.1) is 16.8 Å². The van der Waals surface area contributed by atoms with E-state index in [1.807, 2.05) is 12.1 Å². The molecule has 2 aliphatic rings. The van der Waals surface area contributed by atoms with Crippen molar-refractivity contribution in [2.75, 3.05) is 18.8 Å². The number of dihydropyridines is 1. The molecule has 36 heavy (non-hydrogen) atoms. The molecule has 9 nitrogen and oxygen atoms in total. The van der Waals surface area contributed by atoms with Gasteiger partial charge in [-0.15, -0.1) is 0 Å². The van der Waals surface area contributed by atoms with Gasteiger partial charge in [0.25, 0.3) is 0 Å². The third-order valence-corrected chi connectivity index (χ3v) is 6.37. The smallest absolute Gasteiger partial charge is 0.245 e. The first-order valence-electron chi connectivity index (χ1n) is 11.5. The summed E-state index contributed by atoms with van der Waals surface area (Å²) in [5.41, 5.74) is 8.59. The number of fused-ring (bicyclic) bond motifs is 1. The van der Waals surface area contributed by atoms with Crippen LogP contribution in [0.5, 0.6) is 5.75 Å². The molecule has 0 saturated carbocycles. The van der Waals surface area contributed by atoms with Crippen LogP contribution < -0.4 is 15.8 Å². The minimum atomic E-state index is -0.786. The van der Waals surface area contributed by atoms with E-state index < -0.39 is 12.0 Å². The first-order chi connectivity index (χ1) is 17.5. The van der Waals surface area contributed by atoms with Crippen LogP contribution in [0, 0.1) is 17.1 Å². The number of imidazole rings is 1. The molecule has 1 amide bonds. The number of nitrogens with two attached hydrogens (primary N) is 1. The number of nitriles is 1. The molecule has 3 aromatic rings. The van der Waals surface area contributed by atoms with Gasteiger partial charge in [0.1, 0.15) is 11.9 Å². The van der Waals surface area contributed by atoms with Crippen molar-refractivity contribution in [3.05, 3.63) is 78.6 Å². The third-order valence-electron chi connectivity index (χ3n) is 6.37. The van der Waals surface area contributed by atoms with Gasteiger partial charge in [-0.2, -0.15) is 5.26 Å². The number of ether oxygens (including phenoxy) is 1. The summed E-state index contributed by atoms with van der Waals surface area (Å²) in [5, 5.41) is 12.2. The Hall–Kier alpha value is -4.65. The Kier molecular flexibility index (Phi) is 6.12. The Morgan fingerprint density at radius 3 is 3.03 bits per heavy atom. The number of nitrogen functional groups attached to an aromatic ring is 1. The van der Waals surface area contributed by atoms with E-state index in [0.717, 1.165) is 24.1 Å². The molecule has 0 aliphatic carbocycles. The van der Waals surface area contributed by atoms with Crippen molar-refractivity contribution in [1.29, 1.82) is 5.26 Å². The summed E-state index contributed by atoms with van der Waals surface area (Å²) in [6.45, 7) is 4.78. The van der Waals surface area contributed by atoms with Gasteiger partial charge in [-0.3, -0.25) is 9.20 Å². The molecule has 3 N–H and O–H groups in total. The summed E-state index contributed by atoms with van der Waals surface area (Å²) in [6, 6.07) is 8.37. The molecule has 2 unspecified atom stereocenters. The highest BCUT2D eigenvalue weighted by Gasteiger charge is 2.29. The van der Waals surface area contributed by atoms with Crippen molar-refractivity contribution in [3.63, 3.8) is 0 Å². The van der Waals surface area contributed by atoms with Crippen LogP contribution in [0.1, 0.15) is 24.5 Å². The fraction of sp³-hybridized carbons (Fsp3) is 0.231. The highest BCUT2D eigenvalue weighted by molar-refractivity contribution is 5.87. The van der Waals surface area contributed by atoms with Crippen molar-refractivity contribution >= 4 is 17.4 Å². The van der Waals surface area contributed by atoms with Crippen LogP contribution in [0.3, 0.4) is 0 Å². The molecular formula is C26H24FN7O2. The van der Waals surface area contributed by atoms with Gasteiger partial charge < -0.3 is 20.7 Å². The Bertz CT molecular complexity index is 1450. The average Bonchev–Trinajstić information content (AvgIpc) is 3.31. The van der Waals surface area contributed by atoms with Crippen molar-refractivity contribution in [2.24, 2.45) is 0 Å². The number of allylic oxidation sites excluding steroid dienone is 2. The minimum absolute atomic E-state index is 0.00857. The van der Waals surface area contributed by atoms with Gasteiger partial charge in [0.15, 0.2) is 11.6 Å². The quantitative estimate of drug-likeness (QED) is 0.532. The van der Waals surface area contributed by atoms with Crippen LogP contribution in [-0.2, 0) is 4.79 Å². The molecule has 182 valence electrons. The summed E-state index contributed by atoms with van der Waals surface area (Å²) >= 11 is 0. The first kappa shape index (κ1) is 23.1. The number of likely N-dealkylation sites (tertiary alicyclic amines) is 1. The molecule has 0 spiro atoms. The number of nitrogens with one attached hydrogen (secondary N) is 1. The number of nitrogens with zero attached hydrogens (tertiary/aromatic N) is 5. The topological polar surface area (TPSA) is 122 Å². The zero-order valence-corrected chi connectivity index (χ0v) is 19.4. The van der Waals surface area contributed by atoms with E-state index in [2.05, 4.69) is 16.9 Å². The molecule has 4 heterocycles. The van der Waals surface area contributed by atoms with Gasteiger partial charge in [0.2, 0.25) is 18.1 Å². The van der Waals surface area contributed by atoms with Gasteiger partial charge in [-0.25, -0.2) is 14.4 Å². The average molecular weight is 486 g/mol. The Morgan fingerprint density at radius 2 is 2.25 bits per heavy atom. The van der Waals surface area contributed by atoms with Crippen LogP contribution in [0.4, 0.5) is 10.3 Å². The van der Waals surface area contributed by atoms with Crippen LogP contribution in [0.25, 0.3) is 16.9 Å². The third kappa shape index (κ3) is 4.15. The zero-order valence-electron chi connectivity index (χ0n) is 19.4. The highest BCUT2D eigenvalue weighted by Crippen LogP contribution is 2.35. The molecule has 2 atom stereocenters. The summed E-state index contributed by atoms with van der Waals surface area (Å²) in [5.74, 6) is -0.0756. The summed E-state index contributed by atoms with van der Waals surface area (Å²) in [6.07, 6.45) is 8.75. The maximum atomic E-state index is 15.2. The fourth-order valence-electron chi connectivity index (χ4n) is 4.64. The van der Waals surface area contributed by atoms with E-state index in [1.165, 1.54) is 18.2 Å². The van der Waals surface area contributed by atoms with Crippen LogP contribution >= 0.6 is 0 Å². The molecule has 10 heteroatoms. The second-order valence-electron chi connectivity index (χ2n) is 8.57. The van der Waals surface area contributed by atoms with Gasteiger partial charge in [-0.05, 0) is 61.5 Å². The van der Waals surface area contributed by atoms with Crippen molar-refractivity contribution < 1.29 is 13.9 Å². The molecule has 2 aliphatic heterocycles. The number of benzene rings is 1. The first-order valence-corrected chi connectivity index (χ1v) is 11.5. The molecule has 1 aromatic carbocycles. The Morgan fingerprint density at radius 1 is 1.39 bits per heavy atom. The molecule has 0 radical (unpaired) electrons. The van der Waals surface area contributed by atoms with E-state index in [1.54, 1.807) is 39.9 Å². The maximum Gasteiger partial charge on any atom is 0.245 e. The van der Waals surface area contributed by atoms with Gasteiger partial charge in [-0.1, -0.05) is 6.58 Å². The standard InChI is InChI=1S/C26H24FN7O2/c1-2-22(35)33-12-4-6-18(15-33)23-20-9-11-31-26(29)34(20)24(32-23)16-7-8-21(19(27)13-16)36-25-17(14-28)5-3-10-30-25/h2-3,5,7-11,13,18,25,30H,1,4,6,12,15H2,(H2,29,31). The number of aromatic nitrogens is 3. The predicted molar refractivity (Wildman–Crippen MR) is 132 cm³/mol. The number of halogens is 1. The van der Waals surface area contributed by atoms with Crippen LogP contribution in [-0.4, -0.2) is 44.5 Å². The predicted octanol–water partition coefficient (Wildman–Crippen LogP) is 3.28. The summed E-state index contributed by atoms with van der Waals surface area (Å²) < 4.78 is 22.5. The lowest BCUT2D eigenvalue weighted by atomic mass is 9.94. The maximum absolute atomic E-state index is 15.2. The molecule has 5 rings (SSSR count). The number of piperidine rings is 1. The molecule has 1 saturated heterocycles. The highest BCUT2D eigenvalue weighted by atomic mass is 19.1. The Balaban J connectivity index is 1.50. The summed E-state index contributed by atoms with van der Waals surface area (Å²) in [7, 11) is 0. The Labute approximate surface area is 207 Å². The molecule has 1 fully saturated rings. The zero-order chi connectivity index (χ0) is 25.2. The van der Waals surface area contributed by atoms with Gasteiger partial charge >= 0.3 is 0 Å². The molecular weight excluding hydrogens is 461 g/mol. The van der Waals surface area contributed by atoms with Crippen LogP contribution in [0.15, 0.2) is 67.0 Å². The molecule has 0 bridgehead atoms. The van der Waals surface area contributed by atoms with Crippen molar-refractivity contribution in [3.8, 4) is 23.2 Å². The van der Waals surface area contributed by atoms with Gasteiger partial charge in [0, 0.05) is 30.8 Å². The van der Waals surface area contributed by atoms with E-state index in [9.17, 15) is 10.1 Å². The number of hydrogen-bond donors (Lipinski definition) is 2. The number of rotatable bonds is 5. The minimum Gasteiger partial charge on any atom is -0.463 e. The van der Waals surface area contributed by atoms with E-state index in [0.29, 0.717) is 30.1 Å². The fourth-order valence-corrected chi connectivity index (χ4v) is 4.64. The van der Waals surface area contributed by atoms with Crippen LogP contribution in [0.2, 0.25) is 0 Å². The number of carbonyl (C=O) groups is 1. The largest absolute Gasteiger partial charge is 0.463 e. The lowest BCUT2D eigenvalue weighted by molar-refractivity contribution is -0.127. The monoisotopic (exact) mass is 485 g/mol. The van der Waals surface area contributed by atoms with Crippen molar-refractivity contribution in [1.82, 2.24) is 24.6 Å². The second kappa shape index (κ2) is 9.54. The second-order valence-corrected chi connectivity index (χ2v) is 8.57. The SMILES string of the molecule is C=CC(=O)N1CCCC(c2nc(-c3ccc(OC4NC=CC=C4C#N)c(F)c3)n3c(N)nccc23)C1. The van der Waals surface area contributed by atoms with E-state index in [4.69, 9.17) is 15.5 Å². The lowest BCUT2D eigenvalue weighted by Gasteiger charge is -2.31. The lowest BCUT2D eigenvalue weighted by Crippen LogP contribution is -2.38. The van der Waals surface area contributed by atoms with E-state index in [-0.39, 0.29) is 23.5 Å². The number of amides is 1. The summed E-state index contributed by atoms with van der Waals surface area (Å²) in [4.78, 5) is 23.0. The number of carbonyl (C=O) groups excluding carboxylic acids is 1. The molecule has 2 aromatic heterocycles. The number of anilines is 1. The normalized spacial score (nSPS) is 19.3. The van der Waals surface area contributed by atoms with Crippen molar-refractivity contribution in [2.45, 2.75) is 25.0 Å². The van der Waals surface area contributed by atoms with E-state index >= 15 is 4.39 Å².